The molecule has 0 saturated heterocycles. The molecular weight excluding hydrogens is 202 g/mol. The Morgan fingerprint density at radius 3 is 2.81 bits per heavy atom. The summed E-state index contributed by atoms with van der Waals surface area (Å²) in [6.07, 6.45) is 0. The molecular formula is C12H15N3O. The van der Waals surface area contributed by atoms with E-state index in [2.05, 4.69) is 10.2 Å². The lowest BCUT2D eigenvalue weighted by molar-refractivity contribution is 0.416. The van der Waals surface area contributed by atoms with Crippen molar-refractivity contribution >= 4 is 0 Å². The molecule has 3 N–H and O–H groups in total. The zero-order chi connectivity index (χ0) is 11.5. The molecule has 0 aliphatic carbocycles. The number of ether oxygens (including phenoxy) is 1. The molecule has 2 rings (SSSR count). The van der Waals surface area contributed by atoms with Crippen molar-refractivity contribution in [1.82, 2.24) is 10.2 Å². The van der Waals surface area contributed by atoms with E-state index in [0.717, 1.165) is 28.3 Å². The highest BCUT2D eigenvalue weighted by Gasteiger charge is 2.09. The van der Waals surface area contributed by atoms with Gasteiger partial charge in [0.1, 0.15) is 5.75 Å². The van der Waals surface area contributed by atoms with Gasteiger partial charge in [0, 0.05) is 17.8 Å². The van der Waals surface area contributed by atoms with Crippen molar-refractivity contribution in [2.75, 3.05) is 7.11 Å². The summed E-state index contributed by atoms with van der Waals surface area (Å²) < 4.78 is 5.34. The van der Waals surface area contributed by atoms with E-state index in [1.165, 1.54) is 0 Å². The molecule has 1 aromatic carbocycles. The number of nitrogens with two attached hydrogens (primary N) is 1. The third kappa shape index (κ3) is 1.92. The number of aromatic nitrogens is 2. The first-order valence-electron chi connectivity index (χ1n) is 5.14. The van der Waals surface area contributed by atoms with E-state index >= 15 is 0 Å². The van der Waals surface area contributed by atoms with Gasteiger partial charge >= 0.3 is 0 Å². The van der Waals surface area contributed by atoms with Crippen LogP contribution in [0.5, 0.6) is 5.75 Å². The topological polar surface area (TPSA) is 63.9 Å². The minimum atomic E-state index is 0.460. The molecule has 4 heteroatoms. The van der Waals surface area contributed by atoms with E-state index < -0.39 is 0 Å². The molecule has 0 aliphatic rings. The number of rotatable bonds is 3. The molecule has 0 fully saturated rings. The van der Waals surface area contributed by atoms with Crippen LogP contribution in [0, 0.1) is 6.92 Å². The summed E-state index contributed by atoms with van der Waals surface area (Å²) >= 11 is 0. The van der Waals surface area contributed by atoms with E-state index in [4.69, 9.17) is 10.5 Å². The zero-order valence-corrected chi connectivity index (χ0v) is 9.45. The van der Waals surface area contributed by atoms with Gasteiger partial charge in [-0.25, -0.2) is 0 Å². The number of aryl methyl sites for hydroxylation is 1. The van der Waals surface area contributed by atoms with Crippen LogP contribution in [0.25, 0.3) is 11.3 Å². The standard InChI is InChI=1S/C12H15N3O/c1-8-3-4-10(12(5-8)16-2)11-6-9(7-13)14-15-11/h3-6H,7,13H2,1-2H3,(H,14,15). The summed E-state index contributed by atoms with van der Waals surface area (Å²) in [5.74, 6) is 0.829. The molecule has 0 aliphatic heterocycles. The lowest BCUT2D eigenvalue weighted by Crippen LogP contribution is -1.95. The van der Waals surface area contributed by atoms with Gasteiger partial charge in [-0.1, -0.05) is 6.07 Å². The molecule has 16 heavy (non-hydrogen) atoms. The zero-order valence-electron chi connectivity index (χ0n) is 9.45. The Morgan fingerprint density at radius 1 is 1.38 bits per heavy atom. The summed E-state index contributed by atoms with van der Waals surface area (Å²) in [6, 6.07) is 7.97. The van der Waals surface area contributed by atoms with E-state index in [0.29, 0.717) is 6.54 Å². The number of nitrogens with one attached hydrogen (secondary N) is 1. The van der Waals surface area contributed by atoms with Crippen LogP contribution >= 0.6 is 0 Å². The molecule has 84 valence electrons. The highest BCUT2D eigenvalue weighted by Crippen LogP contribution is 2.29. The summed E-state index contributed by atoms with van der Waals surface area (Å²) in [5, 5.41) is 7.10. The normalized spacial score (nSPS) is 10.4. The van der Waals surface area contributed by atoms with Gasteiger partial charge in [-0.05, 0) is 30.7 Å². The number of hydrogen-bond donors (Lipinski definition) is 2. The van der Waals surface area contributed by atoms with Crippen LogP contribution < -0.4 is 10.5 Å². The quantitative estimate of drug-likeness (QED) is 0.824. The second-order valence-corrected chi connectivity index (χ2v) is 3.69. The van der Waals surface area contributed by atoms with Gasteiger partial charge in [0.25, 0.3) is 0 Å². The predicted molar refractivity (Wildman–Crippen MR) is 63.2 cm³/mol. The van der Waals surface area contributed by atoms with Gasteiger partial charge in [-0.2, -0.15) is 5.10 Å². The molecule has 0 amide bonds. The van der Waals surface area contributed by atoms with Crippen LogP contribution in [-0.2, 0) is 6.54 Å². The SMILES string of the molecule is COc1cc(C)ccc1-c1cc(CN)[nH]n1. The van der Waals surface area contributed by atoms with E-state index in [1.54, 1.807) is 7.11 Å². The average molecular weight is 217 g/mol. The second-order valence-electron chi connectivity index (χ2n) is 3.69. The first kappa shape index (κ1) is 10.7. The van der Waals surface area contributed by atoms with Gasteiger partial charge in [-0.3, -0.25) is 5.10 Å². The number of benzene rings is 1. The molecule has 0 radical (unpaired) electrons. The Balaban J connectivity index is 2.46. The molecule has 1 aromatic heterocycles. The fourth-order valence-corrected chi connectivity index (χ4v) is 1.61. The lowest BCUT2D eigenvalue weighted by atomic mass is 10.1. The average Bonchev–Trinajstić information content (AvgIpc) is 2.77. The van der Waals surface area contributed by atoms with Gasteiger partial charge in [-0.15, -0.1) is 0 Å². The molecule has 1 heterocycles. The maximum atomic E-state index is 5.53. The Morgan fingerprint density at radius 2 is 2.19 bits per heavy atom. The monoisotopic (exact) mass is 217 g/mol. The fourth-order valence-electron chi connectivity index (χ4n) is 1.61. The van der Waals surface area contributed by atoms with Crippen molar-refractivity contribution in [1.29, 1.82) is 0 Å². The fraction of sp³-hybridized carbons (Fsp3) is 0.250. The predicted octanol–water partition coefficient (Wildman–Crippen LogP) is 1.85. The van der Waals surface area contributed by atoms with E-state index in [-0.39, 0.29) is 0 Å². The highest BCUT2D eigenvalue weighted by atomic mass is 16.5. The summed E-state index contributed by atoms with van der Waals surface area (Å²) in [5.41, 5.74) is 9.44. The van der Waals surface area contributed by atoms with Crippen molar-refractivity contribution in [3.63, 3.8) is 0 Å². The van der Waals surface area contributed by atoms with E-state index in [1.807, 2.05) is 31.2 Å². The number of nitrogens with zero attached hydrogens (tertiary/aromatic N) is 1. The Hall–Kier alpha value is -1.81. The maximum Gasteiger partial charge on any atom is 0.128 e. The van der Waals surface area contributed by atoms with Crippen LogP contribution in [0.15, 0.2) is 24.3 Å². The Labute approximate surface area is 94.4 Å². The minimum absolute atomic E-state index is 0.460. The molecule has 0 bridgehead atoms. The maximum absolute atomic E-state index is 5.53. The first-order valence-corrected chi connectivity index (χ1v) is 5.14. The van der Waals surface area contributed by atoms with Crippen molar-refractivity contribution in [3.05, 3.63) is 35.5 Å². The van der Waals surface area contributed by atoms with Crippen molar-refractivity contribution in [2.45, 2.75) is 13.5 Å². The molecule has 0 unspecified atom stereocenters. The second kappa shape index (κ2) is 4.37. The van der Waals surface area contributed by atoms with E-state index in [9.17, 15) is 0 Å². The minimum Gasteiger partial charge on any atom is -0.496 e. The van der Waals surface area contributed by atoms with Crippen LogP contribution in [0.1, 0.15) is 11.3 Å². The van der Waals surface area contributed by atoms with Gasteiger partial charge in [0.2, 0.25) is 0 Å². The first-order chi connectivity index (χ1) is 7.74. The van der Waals surface area contributed by atoms with Crippen molar-refractivity contribution < 1.29 is 4.74 Å². The third-order valence-corrected chi connectivity index (χ3v) is 2.48. The van der Waals surface area contributed by atoms with Crippen LogP contribution in [-0.4, -0.2) is 17.3 Å². The van der Waals surface area contributed by atoms with Gasteiger partial charge < -0.3 is 10.5 Å². The molecule has 0 saturated carbocycles. The Kier molecular flexibility index (Phi) is 2.92. The van der Waals surface area contributed by atoms with Crippen molar-refractivity contribution in [2.24, 2.45) is 5.73 Å². The molecule has 4 nitrogen and oxygen atoms in total. The number of H-pyrrole nitrogens is 1. The van der Waals surface area contributed by atoms with Crippen molar-refractivity contribution in [3.8, 4) is 17.0 Å². The highest BCUT2D eigenvalue weighted by molar-refractivity contribution is 5.67. The molecule has 2 aromatic rings. The Bertz CT molecular complexity index is 491. The van der Waals surface area contributed by atoms with Crippen LogP contribution in [0.2, 0.25) is 0 Å². The number of hydrogen-bond acceptors (Lipinski definition) is 3. The lowest BCUT2D eigenvalue weighted by Gasteiger charge is -2.06. The summed E-state index contributed by atoms with van der Waals surface area (Å²) in [4.78, 5) is 0. The smallest absolute Gasteiger partial charge is 0.128 e. The molecule has 0 atom stereocenters. The largest absolute Gasteiger partial charge is 0.496 e. The third-order valence-electron chi connectivity index (χ3n) is 2.48. The van der Waals surface area contributed by atoms with Crippen LogP contribution in [0.3, 0.4) is 0 Å². The van der Waals surface area contributed by atoms with Gasteiger partial charge in [0.05, 0.1) is 12.8 Å². The number of aromatic amines is 1. The van der Waals surface area contributed by atoms with Crippen LogP contribution in [0.4, 0.5) is 0 Å². The number of methoxy groups -OCH3 is 1. The van der Waals surface area contributed by atoms with Gasteiger partial charge in [0.15, 0.2) is 0 Å². The summed E-state index contributed by atoms with van der Waals surface area (Å²) in [7, 11) is 1.66. The molecule has 0 spiro atoms. The summed E-state index contributed by atoms with van der Waals surface area (Å²) in [6.45, 7) is 2.49.